The molecule has 2 aromatic carbocycles. The van der Waals surface area contributed by atoms with E-state index in [2.05, 4.69) is 4.98 Å². The molecule has 186 valence electrons. The van der Waals surface area contributed by atoms with Crippen molar-refractivity contribution in [1.82, 2.24) is 14.5 Å². The second-order valence-electron chi connectivity index (χ2n) is 8.65. The number of aromatic nitrogens is 2. The van der Waals surface area contributed by atoms with E-state index in [9.17, 15) is 22.8 Å². The number of rotatable bonds is 6. The van der Waals surface area contributed by atoms with Crippen molar-refractivity contribution < 1.29 is 27.4 Å². The summed E-state index contributed by atoms with van der Waals surface area (Å²) in [5.74, 6) is -1.05. The van der Waals surface area contributed by atoms with Crippen LogP contribution in [-0.2, 0) is 11.3 Å². The van der Waals surface area contributed by atoms with Crippen LogP contribution < -0.4 is 15.0 Å². The van der Waals surface area contributed by atoms with Gasteiger partial charge in [0.05, 0.1) is 37.0 Å². The highest BCUT2D eigenvalue weighted by molar-refractivity contribution is 5.82. The fourth-order valence-corrected chi connectivity index (χ4v) is 4.41. The first-order valence-corrected chi connectivity index (χ1v) is 11.3. The second kappa shape index (κ2) is 9.97. The van der Waals surface area contributed by atoms with Gasteiger partial charge in [-0.1, -0.05) is 30.3 Å². The maximum Gasteiger partial charge on any atom is 0.471 e. The molecular formula is C25H26F3N3O4. The molecule has 1 amide bonds. The quantitative estimate of drug-likeness (QED) is 0.520. The lowest BCUT2D eigenvalue weighted by molar-refractivity contribution is -0.187. The number of halogens is 3. The molecule has 0 aliphatic heterocycles. The van der Waals surface area contributed by atoms with Gasteiger partial charge < -0.3 is 14.4 Å². The lowest BCUT2D eigenvalue weighted by atomic mass is 9.92. The van der Waals surface area contributed by atoms with Crippen LogP contribution in [0.15, 0.2) is 53.6 Å². The fraction of sp³-hybridized carbons (Fsp3) is 0.400. The zero-order valence-corrected chi connectivity index (χ0v) is 19.4. The Balaban J connectivity index is 1.51. The van der Waals surface area contributed by atoms with E-state index in [4.69, 9.17) is 9.47 Å². The maximum atomic E-state index is 13.1. The van der Waals surface area contributed by atoms with Gasteiger partial charge in [0.2, 0.25) is 0 Å². The van der Waals surface area contributed by atoms with Crippen LogP contribution in [0.1, 0.15) is 31.2 Å². The van der Waals surface area contributed by atoms with Crippen molar-refractivity contribution >= 4 is 16.8 Å². The van der Waals surface area contributed by atoms with Crippen LogP contribution in [0.25, 0.3) is 10.9 Å². The number of carbonyl (C=O) groups is 1. The van der Waals surface area contributed by atoms with Crippen molar-refractivity contribution in [2.45, 2.75) is 50.6 Å². The molecule has 1 saturated carbocycles. The molecule has 0 atom stereocenters. The summed E-state index contributed by atoms with van der Waals surface area (Å²) in [5, 5.41) is 0.378. The van der Waals surface area contributed by atoms with Crippen LogP contribution in [-0.4, -0.2) is 52.8 Å². The first-order chi connectivity index (χ1) is 16.7. The summed E-state index contributed by atoms with van der Waals surface area (Å²) >= 11 is 0. The van der Waals surface area contributed by atoms with Crippen molar-refractivity contribution in [1.29, 1.82) is 0 Å². The van der Waals surface area contributed by atoms with Crippen LogP contribution in [0.2, 0.25) is 0 Å². The van der Waals surface area contributed by atoms with Gasteiger partial charge in [-0.05, 0) is 37.3 Å². The Labute approximate surface area is 200 Å². The van der Waals surface area contributed by atoms with Gasteiger partial charge in [-0.25, -0.2) is 4.98 Å². The Kier molecular flexibility index (Phi) is 7.00. The summed E-state index contributed by atoms with van der Waals surface area (Å²) in [6.07, 6.45) is -1.98. The van der Waals surface area contributed by atoms with Crippen LogP contribution in [0.4, 0.5) is 13.2 Å². The molecular weight excluding hydrogens is 463 g/mol. The molecule has 0 radical (unpaired) electrons. The zero-order chi connectivity index (χ0) is 25.2. The average molecular weight is 489 g/mol. The lowest BCUT2D eigenvalue weighted by Gasteiger charge is -2.35. The third-order valence-corrected chi connectivity index (χ3v) is 6.35. The molecule has 1 aromatic heterocycles. The summed E-state index contributed by atoms with van der Waals surface area (Å²) in [6.45, 7) is 0.374. The van der Waals surface area contributed by atoms with Gasteiger partial charge in [0.25, 0.3) is 5.56 Å². The van der Waals surface area contributed by atoms with Crippen LogP contribution in [0.3, 0.4) is 0 Å². The summed E-state index contributed by atoms with van der Waals surface area (Å²) in [6, 6.07) is 12.3. The number of hydrogen-bond acceptors (Lipinski definition) is 5. The first-order valence-electron chi connectivity index (χ1n) is 11.3. The number of alkyl halides is 3. The van der Waals surface area contributed by atoms with E-state index in [-0.39, 0.29) is 11.7 Å². The van der Waals surface area contributed by atoms with Gasteiger partial charge in [0.15, 0.2) is 11.5 Å². The van der Waals surface area contributed by atoms with Gasteiger partial charge in [0.1, 0.15) is 0 Å². The number of methoxy groups -OCH3 is 1. The predicted octanol–water partition coefficient (Wildman–Crippen LogP) is 4.16. The monoisotopic (exact) mass is 489 g/mol. The van der Waals surface area contributed by atoms with Gasteiger partial charge in [-0.15, -0.1) is 0 Å². The number of nitrogens with zero attached hydrogens (tertiary/aromatic N) is 3. The molecule has 0 N–H and O–H groups in total. The normalized spacial score (nSPS) is 18.3. The highest BCUT2D eigenvalue weighted by atomic mass is 19.4. The van der Waals surface area contributed by atoms with Crippen LogP contribution in [0, 0.1) is 0 Å². The Hall–Kier alpha value is -3.56. The SMILES string of the molecule is COc1cc2ncn(Cc3ccccc3)c(=O)c2cc1O[C@H]1CC[C@@H](N(C)C(=O)C(F)(F)F)CC1. The molecule has 0 bridgehead atoms. The number of benzene rings is 2. The average Bonchev–Trinajstić information content (AvgIpc) is 2.85. The van der Waals surface area contributed by atoms with E-state index in [1.165, 1.54) is 25.1 Å². The van der Waals surface area contributed by atoms with Gasteiger partial charge in [-0.2, -0.15) is 13.2 Å². The summed E-state index contributed by atoms with van der Waals surface area (Å²) in [7, 11) is 2.67. The molecule has 1 heterocycles. The standard InChI is InChI=1S/C25H26F3N3O4/c1-30(24(33)25(26,27)28)17-8-10-18(11-9-17)35-22-12-19-20(13-21(22)34-2)29-15-31(23(19)32)14-16-6-4-3-5-7-16/h3-7,12-13,15,17-18H,8-11,14H2,1-2H3/t17-,18+. The van der Waals surface area contributed by atoms with Crippen molar-refractivity contribution in [3.05, 3.63) is 64.7 Å². The smallest absolute Gasteiger partial charge is 0.471 e. The molecule has 0 unspecified atom stereocenters. The number of amides is 1. The molecule has 7 nitrogen and oxygen atoms in total. The Morgan fingerprint density at radius 2 is 1.80 bits per heavy atom. The molecule has 0 saturated heterocycles. The molecule has 1 aliphatic carbocycles. The topological polar surface area (TPSA) is 73.7 Å². The maximum absolute atomic E-state index is 13.1. The minimum Gasteiger partial charge on any atom is -0.493 e. The van der Waals surface area contributed by atoms with Crippen LogP contribution in [0.5, 0.6) is 11.5 Å². The summed E-state index contributed by atoms with van der Waals surface area (Å²) in [4.78, 5) is 29.8. The van der Waals surface area contributed by atoms with Crippen molar-refractivity contribution in [2.24, 2.45) is 0 Å². The zero-order valence-electron chi connectivity index (χ0n) is 19.4. The molecule has 10 heteroatoms. The number of carbonyl (C=O) groups excluding carboxylic acids is 1. The fourth-order valence-electron chi connectivity index (χ4n) is 4.41. The van der Waals surface area contributed by atoms with E-state index >= 15 is 0 Å². The number of ether oxygens (including phenoxy) is 2. The van der Waals surface area contributed by atoms with E-state index in [0.29, 0.717) is 54.6 Å². The largest absolute Gasteiger partial charge is 0.493 e. The highest BCUT2D eigenvalue weighted by Crippen LogP contribution is 2.34. The van der Waals surface area contributed by atoms with Crippen molar-refractivity contribution in [3.63, 3.8) is 0 Å². The van der Waals surface area contributed by atoms with E-state index in [0.717, 1.165) is 10.5 Å². The van der Waals surface area contributed by atoms with Crippen LogP contribution >= 0.6 is 0 Å². The second-order valence-corrected chi connectivity index (χ2v) is 8.65. The van der Waals surface area contributed by atoms with E-state index in [1.807, 2.05) is 30.3 Å². The third-order valence-electron chi connectivity index (χ3n) is 6.35. The molecule has 1 fully saturated rings. The van der Waals surface area contributed by atoms with Crippen molar-refractivity contribution in [3.8, 4) is 11.5 Å². The molecule has 35 heavy (non-hydrogen) atoms. The van der Waals surface area contributed by atoms with Gasteiger partial charge >= 0.3 is 12.1 Å². The molecule has 0 spiro atoms. The summed E-state index contributed by atoms with van der Waals surface area (Å²) < 4.78 is 51.3. The predicted molar refractivity (Wildman–Crippen MR) is 124 cm³/mol. The number of fused-ring (bicyclic) bond motifs is 1. The highest BCUT2D eigenvalue weighted by Gasteiger charge is 2.43. The van der Waals surface area contributed by atoms with Crippen molar-refractivity contribution in [2.75, 3.05) is 14.2 Å². The van der Waals surface area contributed by atoms with E-state index < -0.39 is 18.1 Å². The minimum absolute atomic E-state index is 0.220. The first kappa shape index (κ1) is 24.6. The lowest BCUT2D eigenvalue weighted by Crippen LogP contribution is -2.46. The van der Waals surface area contributed by atoms with E-state index in [1.54, 1.807) is 12.1 Å². The summed E-state index contributed by atoms with van der Waals surface area (Å²) in [5.41, 5.74) is 1.22. The Morgan fingerprint density at radius 3 is 2.43 bits per heavy atom. The Bertz CT molecular complexity index is 1250. The minimum atomic E-state index is -4.89. The number of hydrogen-bond donors (Lipinski definition) is 0. The molecule has 3 aromatic rings. The van der Waals surface area contributed by atoms with Gasteiger partial charge in [0, 0.05) is 19.2 Å². The molecule has 4 rings (SSSR count). The Morgan fingerprint density at radius 1 is 1.11 bits per heavy atom. The van der Waals surface area contributed by atoms with Gasteiger partial charge in [-0.3, -0.25) is 14.2 Å². The third kappa shape index (κ3) is 5.41. The molecule has 1 aliphatic rings.